The van der Waals surface area contributed by atoms with Crippen LogP contribution in [0, 0.1) is 5.92 Å². The van der Waals surface area contributed by atoms with E-state index in [9.17, 15) is 0 Å². The quantitative estimate of drug-likeness (QED) is 0.444. The normalized spacial score (nSPS) is 30.1. The summed E-state index contributed by atoms with van der Waals surface area (Å²) in [5.41, 5.74) is 1.51. The summed E-state index contributed by atoms with van der Waals surface area (Å²) < 4.78 is 0. The van der Waals surface area contributed by atoms with Crippen molar-refractivity contribution in [3.05, 3.63) is 11.6 Å². The van der Waals surface area contributed by atoms with E-state index in [2.05, 4.69) is 31.9 Å². The van der Waals surface area contributed by atoms with Crippen molar-refractivity contribution in [3.8, 4) is 0 Å². The van der Waals surface area contributed by atoms with Gasteiger partial charge in [0.25, 0.3) is 0 Å². The first-order valence-electron chi connectivity index (χ1n) is 3.54. The van der Waals surface area contributed by atoms with Crippen LogP contribution in [0.5, 0.6) is 0 Å². The lowest BCUT2D eigenvalue weighted by molar-refractivity contribution is 0.313. The van der Waals surface area contributed by atoms with E-state index in [-0.39, 0.29) is 0 Å². The van der Waals surface area contributed by atoms with Crippen LogP contribution >= 0.6 is 0 Å². The first-order chi connectivity index (χ1) is 4.18. The highest BCUT2D eigenvalue weighted by molar-refractivity contribution is 5.06. The Labute approximate surface area is 57.4 Å². The molecule has 0 aromatic heterocycles. The van der Waals surface area contributed by atoms with Gasteiger partial charge in [0.2, 0.25) is 0 Å². The first kappa shape index (κ1) is 6.81. The third-order valence-electron chi connectivity index (χ3n) is 1.69. The standard InChI is InChI=1S/C8H15N/c1-7-4-8(2)6-9(3)5-7/h4,7H,5-6H2,1-3H3/t7-/m1/s1. The van der Waals surface area contributed by atoms with Crippen LogP contribution in [0.25, 0.3) is 0 Å². The van der Waals surface area contributed by atoms with Gasteiger partial charge in [-0.1, -0.05) is 18.6 Å². The molecule has 1 heteroatoms. The van der Waals surface area contributed by atoms with E-state index in [0.717, 1.165) is 12.5 Å². The van der Waals surface area contributed by atoms with Crippen molar-refractivity contribution in [1.82, 2.24) is 4.90 Å². The van der Waals surface area contributed by atoms with Gasteiger partial charge in [-0.25, -0.2) is 0 Å². The maximum absolute atomic E-state index is 2.36. The minimum Gasteiger partial charge on any atom is -0.302 e. The zero-order valence-electron chi connectivity index (χ0n) is 6.52. The van der Waals surface area contributed by atoms with E-state index in [4.69, 9.17) is 0 Å². The molecular weight excluding hydrogens is 110 g/mol. The topological polar surface area (TPSA) is 3.24 Å². The Hall–Kier alpha value is -0.300. The van der Waals surface area contributed by atoms with Gasteiger partial charge in [0.05, 0.1) is 0 Å². The highest BCUT2D eigenvalue weighted by Gasteiger charge is 2.09. The number of hydrogen-bond acceptors (Lipinski definition) is 1. The smallest absolute Gasteiger partial charge is 0.0187 e. The Balaban J connectivity index is 2.56. The predicted molar refractivity (Wildman–Crippen MR) is 40.4 cm³/mol. The van der Waals surface area contributed by atoms with E-state index in [1.165, 1.54) is 12.1 Å². The molecular formula is C8H15N. The lowest BCUT2D eigenvalue weighted by Crippen LogP contribution is -2.29. The van der Waals surface area contributed by atoms with Gasteiger partial charge < -0.3 is 4.90 Å². The lowest BCUT2D eigenvalue weighted by Gasteiger charge is -2.25. The molecule has 0 aromatic rings. The Morgan fingerprint density at radius 1 is 1.67 bits per heavy atom. The Morgan fingerprint density at radius 2 is 2.33 bits per heavy atom. The van der Waals surface area contributed by atoms with Crippen LogP contribution < -0.4 is 0 Å². The van der Waals surface area contributed by atoms with Gasteiger partial charge in [0, 0.05) is 13.1 Å². The minimum atomic E-state index is 0.753. The Kier molecular flexibility index (Phi) is 1.91. The van der Waals surface area contributed by atoms with Crippen molar-refractivity contribution in [2.75, 3.05) is 20.1 Å². The molecule has 0 unspecified atom stereocenters. The van der Waals surface area contributed by atoms with E-state index in [1.54, 1.807) is 0 Å². The largest absolute Gasteiger partial charge is 0.302 e. The molecule has 0 saturated carbocycles. The number of likely N-dealkylation sites (N-methyl/N-ethyl adjacent to an activating group) is 1. The summed E-state index contributed by atoms with van der Waals surface area (Å²) >= 11 is 0. The molecule has 1 aliphatic rings. The van der Waals surface area contributed by atoms with Crippen LogP contribution in [0.15, 0.2) is 11.6 Å². The van der Waals surface area contributed by atoms with Crippen LogP contribution in [-0.4, -0.2) is 25.0 Å². The molecule has 0 aliphatic carbocycles. The lowest BCUT2D eigenvalue weighted by atomic mass is 10.0. The zero-order valence-corrected chi connectivity index (χ0v) is 6.52. The monoisotopic (exact) mass is 125 g/mol. The third kappa shape index (κ3) is 1.83. The van der Waals surface area contributed by atoms with Crippen molar-refractivity contribution in [2.24, 2.45) is 5.92 Å². The van der Waals surface area contributed by atoms with Crippen molar-refractivity contribution < 1.29 is 0 Å². The molecule has 9 heavy (non-hydrogen) atoms. The molecule has 1 aliphatic heterocycles. The highest BCUT2D eigenvalue weighted by atomic mass is 15.1. The van der Waals surface area contributed by atoms with Crippen LogP contribution in [0.4, 0.5) is 0 Å². The molecule has 0 spiro atoms. The fraction of sp³-hybridized carbons (Fsp3) is 0.750. The summed E-state index contributed by atoms with van der Waals surface area (Å²) in [6.07, 6.45) is 2.36. The predicted octanol–water partition coefficient (Wildman–Crippen LogP) is 1.51. The van der Waals surface area contributed by atoms with Gasteiger partial charge in [-0.2, -0.15) is 0 Å². The molecule has 52 valence electrons. The highest BCUT2D eigenvalue weighted by Crippen LogP contribution is 2.11. The second-order valence-corrected chi connectivity index (χ2v) is 3.19. The SMILES string of the molecule is CC1=C[C@@H](C)CN(C)C1. The molecule has 0 saturated heterocycles. The number of hydrogen-bond donors (Lipinski definition) is 0. The molecule has 0 radical (unpaired) electrons. The van der Waals surface area contributed by atoms with Gasteiger partial charge in [0.1, 0.15) is 0 Å². The molecule has 1 nitrogen and oxygen atoms in total. The number of rotatable bonds is 0. The van der Waals surface area contributed by atoms with Crippen LogP contribution in [-0.2, 0) is 0 Å². The Morgan fingerprint density at radius 3 is 2.78 bits per heavy atom. The van der Waals surface area contributed by atoms with Gasteiger partial charge >= 0.3 is 0 Å². The van der Waals surface area contributed by atoms with Crippen molar-refractivity contribution in [1.29, 1.82) is 0 Å². The number of nitrogens with zero attached hydrogens (tertiary/aromatic N) is 1. The van der Waals surface area contributed by atoms with Crippen molar-refractivity contribution in [3.63, 3.8) is 0 Å². The molecule has 0 fully saturated rings. The summed E-state index contributed by atoms with van der Waals surface area (Å²) in [6, 6.07) is 0. The van der Waals surface area contributed by atoms with Gasteiger partial charge in [-0.05, 0) is 19.9 Å². The fourth-order valence-electron chi connectivity index (χ4n) is 1.57. The van der Waals surface area contributed by atoms with E-state index in [1.807, 2.05) is 0 Å². The summed E-state index contributed by atoms with van der Waals surface area (Å²) in [5.74, 6) is 0.753. The zero-order chi connectivity index (χ0) is 6.85. The van der Waals surface area contributed by atoms with Crippen LogP contribution in [0.1, 0.15) is 13.8 Å². The summed E-state index contributed by atoms with van der Waals surface area (Å²) in [6.45, 7) is 6.84. The van der Waals surface area contributed by atoms with Gasteiger partial charge in [-0.15, -0.1) is 0 Å². The molecule has 0 bridgehead atoms. The Bertz CT molecular complexity index is 127. The molecule has 1 heterocycles. The van der Waals surface area contributed by atoms with Crippen molar-refractivity contribution in [2.45, 2.75) is 13.8 Å². The second kappa shape index (κ2) is 2.53. The van der Waals surface area contributed by atoms with E-state index < -0.39 is 0 Å². The van der Waals surface area contributed by atoms with Crippen molar-refractivity contribution >= 4 is 0 Å². The second-order valence-electron chi connectivity index (χ2n) is 3.19. The summed E-state index contributed by atoms with van der Waals surface area (Å²) in [4.78, 5) is 2.36. The average Bonchev–Trinajstić information content (AvgIpc) is 1.59. The first-order valence-corrected chi connectivity index (χ1v) is 3.54. The molecule has 1 rings (SSSR count). The fourth-order valence-corrected chi connectivity index (χ4v) is 1.57. The minimum absolute atomic E-state index is 0.753. The third-order valence-corrected chi connectivity index (χ3v) is 1.69. The average molecular weight is 125 g/mol. The molecule has 0 N–H and O–H groups in total. The summed E-state index contributed by atoms with van der Waals surface area (Å²) in [5, 5.41) is 0. The maximum Gasteiger partial charge on any atom is 0.0187 e. The molecule has 1 atom stereocenters. The summed E-state index contributed by atoms with van der Waals surface area (Å²) in [7, 11) is 2.17. The van der Waals surface area contributed by atoms with Crippen LogP contribution in [0.3, 0.4) is 0 Å². The van der Waals surface area contributed by atoms with Crippen LogP contribution in [0.2, 0.25) is 0 Å². The van der Waals surface area contributed by atoms with E-state index in [0.29, 0.717) is 0 Å². The molecule has 0 aromatic carbocycles. The molecule has 0 amide bonds. The van der Waals surface area contributed by atoms with Gasteiger partial charge in [0.15, 0.2) is 0 Å². The maximum atomic E-state index is 2.36. The van der Waals surface area contributed by atoms with Gasteiger partial charge in [-0.3, -0.25) is 0 Å². The van der Waals surface area contributed by atoms with E-state index >= 15 is 0 Å².